The van der Waals surface area contributed by atoms with Gasteiger partial charge < -0.3 is 14.9 Å². The SMILES string of the molecule is Cc1ccoc1C(N)CC1CCOc2ccccc21. The summed E-state index contributed by atoms with van der Waals surface area (Å²) in [5.41, 5.74) is 8.70. The molecule has 0 bridgehead atoms. The lowest BCUT2D eigenvalue weighted by atomic mass is 9.87. The molecule has 2 unspecified atom stereocenters. The lowest BCUT2D eigenvalue weighted by Gasteiger charge is -2.27. The van der Waals surface area contributed by atoms with Crippen molar-refractivity contribution < 1.29 is 9.15 Å². The minimum atomic E-state index is -0.0499. The van der Waals surface area contributed by atoms with Crippen LogP contribution in [0.5, 0.6) is 5.75 Å². The zero-order chi connectivity index (χ0) is 13.2. The van der Waals surface area contributed by atoms with E-state index in [9.17, 15) is 0 Å². The predicted molar refractivity (Wildman–Crippen MR) is 74.3 cm³/mol. The number of nitrogens with two attached hydrogens (primary N) is 1. The molecule has 0 amide bonds. The summed E-state index contributed by atoms with van der Waals surface area (Å²) in [5.74, 6) is 2.36. The third kappa shape index (κ3) is 2.38. The van der Waals surface area contributed by atoms with Crippen LogP contribution in [0.25, 0.3) is 0 Å². The van der Waals surface area contributed by atoms with Gasteiger partial charge in [-0.3, -0.25) is 0 Å². The fourth-order valence-corrected chi connectivity index (χ4v) is 2.84. The summed E-state index contributed by atoms with van der Waals surface area (Å²) in [4.78, 5) is 0. The monoisotopic (exact) mass is 257 g/mol. The fraction of sp³-hybridized carbons (Fsp3) is 0.375. The minimum absolute atomic E-state index is 0.0499. The average molecular weight is 257 g/mol. The van der Waals surface area contributed by atoms with Gasteiger partial charge in [0, 0.05) is 0 Å². The molecule has 2 atom stereocenters. The molecule has 0 spiro atoms. The molecule has 2 aromatic rings. The Balaban J connectivity index is 1.80. The lowest BCUT2D eigenvalue weighted by molar-refractivity contribution is 0.256. The van der Waals surface area contributed by atoms with Crippen molar-refractivity contribution in [3.8, 4) is 5.75 Å². The second kappa shape index (κ2) is 5.10. The second-order valence-electron chi connectivity index (χ2n) is 5.18. The van der Waals surface area contributed by atoms with Crippen molar-refractivity contribution in [2.24, 2.45) is 5.73 Å². The molecule has 1 aliphatic rings. The summed E-state index contributed by atoms with van der Waals surface area (Å²) < 4.78 is 11.2. The van der Waals surface area contributed by atoms with Gasteiger partial charge in [-0.1, -0.05) is 18.2 Å². The van der Waals surface area contributed by atoms with Crippen LogP contribution in [0.15, 0.2) is 41.0 Å². The van der Waals surface area contributed by atoms with E-state index in [1.807, 2.05) is 25.1 Å². The molecule has 0 fully saturated rings. The van der Waals surface area contributed by atoms with Gasteiger partial charge in [-0.2, -0.15) is 0 Å². The summed E-state index contributed by atoms with van der Waals surface area (Å²) in [6.45, 7) is 2.81. The molecule has 0 aliphatic carbocycles. The first-order valence-electron chi connectivity index (χ1n) is 6.77. The Hall–Kier alpha value is -1.74. The Morgan fingerprint density at radius 3 is 2.95 bits per heavy atom. The van der Waals surface area contributed by atoms with Crippen molar-refractivity contribution in [1.82, 2.24) is 0 Å². The van der Waals surface area contributed by atoms with Crippen molar-refractivity contribution in [1.29, 1.82) is 0 Å². The van der Waals surface area contributed by atoms with Gasteiger partial charge in [0.25, 0.3) is 0 Å². The Labute approximate surface area is 113 Å². The number of furan rings is 1. The third-order valence-electron chi connectivity index (χ3n) is 3.86. The average Bonchev–Trinajstić information content (AvgIpc) is 2.85. The maximum absolute atomic E-state index is 6.29. The van der Waals surface area contributed by atoms with Crippen LogP contribution in [0, 0.1) is 6.92 Å². The Morgan fingerprint density at radius 1 is 1.32 bits per heavy atom. The van der Waals surface area contributed by atoms with E-state index in [0.29, 0.717) is 5.92 Å². The van der Waals surface area contributed by atoms with Gasteiger partial charge in [0.05, 0.1) is 18.9 Å². The van der Waals surface area contributed by atoms with Crippen LogP contribution >= 0.6 is 0 Å². The highest BCUT2D eigenvalue weighted by molar-refractivity contribution is 5.38. The molecule has 3 heteroatoms. The number of para-hydroxylation sites is 1. The lowest BCUT2D eigenvalue weighted by Crippen LogP contribution is -2.20. The predicted octanol–water partition coefficient (Wildman–Crippen LogP) is 3.54. The molecule has 0 saturated heterocycles. The molecule has 2 N–H and O–H groups in total. The first-order valence-corrected chi connectivity index (χ1v) is 6.77. The number of hydrogen-bond acceptors (Lipinski definition) is 3. The van der Waals surface area contributed by atoms with Gasteiger partial charge >= 0.3 is 0 Å². The zero-order valence-corrected chi connectivity index (χ0v) is 11.1. The molecular weight excluding hydrogens is 238 g/mol. The number of rotatable bonds is 3. The Kier molecular flexibility index (Phi) is 3.30. The van der Waals surface area contributed by atoms with Crippen LogP contribution < -0.4 is 10.5 Å². The quantitative estimate of drug-likeness (QED) is 0.914. The highest BCUT2D eigenvalue weighted by Gasteiger charge is 2.25. The first-order chi connectivity index (χ1) is 9.25. The smallest absolute Gasteiger partial charge is 0.123 e. The van der Waals surface area contributed by atoms with Crippen LogP contribution in [0.4, 0.5) is 0 Å². The summed E-state index contributed by atoms with van der Waals surface area (Å²) in [6.07, 6.45) is 3.63. The molecule has 19 heavy (non-hydrogen) atoms. The summed E-state index contributed by atoms with van der Waals surface area (Å²) in [7, 11) is 0. The van der Waals surface area contributed by atoms with Crippen LogP contribution in [-0.2, 0) is 0 Å². The van der Waals surface area contributed by atoms with Gasteiger partial charge in [0.1, 0.15) is 11.5 Å². The van der Waals surface area contributed by atoms with Crippen LogP contribution in [0.1, 0.15) is 41.7 Å². The molecule has 2 heterocycles. The van der Waals surface area contributed by atoms with E-state index < -0.39 is 0 Å². The molecular formula is C16H19NO2. The standard InChI is InChI=1S/C16H19NO2/c1-11-6-8-19-16(11)14(17)10-12-7-9-18-15-5-3-2-4-13(12)15/h2-6,8,12,14H,7,9-10,17H2,1H3. The topological polar surface area (TPSA) is 48.4 Å². The van der Waals surface area contributed by atoms with E-state index in [2.05, 4.69) is 12.1 Å². The van der Waals surface area contributed by atoms with Crippen LogP contribution in [0.3, 0.4) is 0 Å². The normalized spacial score (nSPS) is 19.6. The van der Waals surface area contributed by atoms with Crippen molar-refractivity contribution in [3.63, 3.8) is 0 Å². The molecule has 3 rings (SSSR count). The second-order valence-corrected chi connectivity index (χ2v) is 5.18. The van der Waals surface area contributed by atoms with E-state index in [1.54, 1.807) is 6.26 Å². The number of benzene rings is 1. The first kappa shape index (κ1) is 12.3. The van der Waals surface area contributed by atoms with E-state index in [1.165, 1.54) is 5.56 Å². The minimum Gasteiger partial charge on any atom is -0.493 e. The summed E-state index contributed by atoms with van der Waals surface area (Å²) >= 11 is 0. The Morgan fingerprint density at radius 2 is 2.16 bits per heavy atom. The summed E-state index contributed by atoms with van der Waals surface area (Å²) in [5, 5.41) is 0. The molecule has 1 aliphatic heterocycles. The number of aryl methyl sites for hydroxylation is 1. The zero-order valence-electron chi connectivity index (χ0n) is 11.1. The molecule has 3 nitrogen and oxygen atoms in total. The maximum atomic E-state index is 6.29. The fourth-order valence-electron chi connectivity index (χ4n) is 2.84. The van der Waals surface area contributed by atoms with Gasteiger partial charge in [-0.25, -0.2) is 0 Å². The molecule has 1 aromatic heterocycles. The molecule has 1 aromatic carbocycles. The van der Waals surface area contributed by atoms with Gasteiger partial charge in [-0.15, -0.1) is 0 Å². The maximum Gasteiger partial charge on any atom is 0.123 e. The highest BCUT2D eigenvalue weighted by atomic mass is 16.5. The van der Waals surface area contributed by atoms with Gasteiger partial charge in [0.2, 0.25) is 0 Å². The Bertz CT molecular complexity index is 561. The molecule has 0 saturated carbocycles. The van der Waals surface area contributed by atoms with E-state index in [0.717, 1.165) is 36.5 Å². The van der Waals surface area contributed by atoms with Crippen molar-refractivity contribution >= 4 is 0 Å². The number of fused-ring (bicyclic) bond motifs is 1. The van der Waals surface area contributed by atoms with Crippen LogP contribution in [0.2, 0.25) is 0 Å². The van der Waals surface area contributed by atoms with E-state index in [4.69, 9.17) is 14.9 Å². The van der Waals surface area contributed by atoms with Crippen molar-refractivity contribution in [2.45, 2.75) is 31.7 Å². The van der Waals surface area contributed by atoms with Crippen LogP contribution in [-0.4, -0.2) is 6.61 Å². The van der Waals surface area contributed by atoms with Crippen molar-refractivity contribution in [2.75, 3.05) is 6.61 Å². The van der Waals surface area contributed by atoms with E-state index in [-0.39, 0.29) is 6.04 Å². The molecule has 100 valence electrons. The van der Waals surface area contributed by atoms with Gasteiger partial charge in [0.15, 0.2) is 0 Å². The molecule has 0 radical (unpaired) electrons. The van der Waals surface area contributed by atoms with Gasteiger partial charge in [-0.05, 0) is 48.9 Å². The number of ether oxygens (including phenoxy) is 1. The van der Waals surface area contributed by atoms with Crippen molar-refractivity contribution in [3.05, 3.63) is 53.5 Å². The number of hydrogen-bond donors (Lipinski definition) is 1. The third-order valence-corrected chi connectivity index (χ3v) is 3.86. The highest BCUT2D eigenvalue weighted by Crippen LogP contribution is 2.38. The van der Waals surface area contributed by atoms with E-state index >= 15 is 0 Å². The largest absolute Gasteiger partial charge is 0.493 e. The summed E-state index contributed by atoms with van der Waals surface area (Å²) in [6, 6.07) is 10.2.